The van der Waals surface area contributed by atoms with Gasteiger partial charge in [0.05, 0.1) is 5.56 Å². The third kappa shape index (κ3) is 8.30. The Balaban J connectivity index is 1.20. The van der Waals surface area contributed by atoms with Gasteiger partial charge in [-0.05, 0) is 86.3 Å². The van der Waals surface area contributed by atoms with Crippen molar-refractivity contribution < 1.29 is 33.1 Å². The Bertz CT molecular complexity index is 1840. The number of ether oxygens (including phenoxy) is 1. The number of thiophene rings is 1. The van der Waals surface area contributed by atoms with Crippen LogP contribution in [0.15, 0.2) is 82.8 Å². The molecule has 236 valence electrons. The Morgan fingerprint density at radius 3 is 2.41 bits per heavy atom. The second kappa shape index (κ2) is 13.6. The number of amides is 3. The van der Waals surface area contributed by atoms with Crippen LogP contribution in [0.5, 0.6) is 0 Å². The van der Waals surface area contributed by atoms with Crippen molar-refractivity contribution in [1.29, 1.82) is 0 Å². The van der Waals surface area contributed by atoms with Crippen molar-refractivity contribution in [1.82, 2.24) is 20.4 Å². The molecule has 12 nitrogen and oxygen atoms in total. The number of anilines is 2. The molecule has 3 heterocycles. The number of benzene rings is 2. The molecule has 0 saturated heterocycles. The summed E-state index contributed by atoms with van der Waals surface area (Å²) in [6, 6.07) is 15.8. The van der Waals surface area contributed by atoms with Crippen molar-refractivity contribution in [2.45, 2.75) is 38.8 Å². The van der Waals surface area contributed by atoms with Gasteiger partial charge in [-0.3, -0.25) is 10.6 Å². The SMILES string of the molecule is CC(C)(C)OC(=O)Nc1ccc(-c2nc(-c3ccc(CC(NC(=O)Nc4ccc(-c5cccs5)cn4)C(=O)O)cc3F)no2)cc1. The molecule has 3 aromatic heterocycles. The number of pyridine rings is 1. The molecule has 0 spiro atoms. The van der Waals surface area contributed by atoms with E-state index in [2.05, 4.69) is 31.1 Å². The van der Waals surface area contributed by atoms with Gasteiger partial charge in [-0.1, -0.05) is 17.3 Å². The summed E-state index contributed by atoms with van der Waals surface area (Å²) in [5.74, 6) is -1.65. The zero-order valence-corrected chi connectivity index (χ0v) is 25.7. The average Bonchev–Trinajstić information content (AvgIpc) is 3.70. The van der Waals surface area contributed by atoms with Gasteiger partial charge < -0.3 is 19.7 Å². The molecule has 3 amide bonds. The van der Waals surface area contributed by atoms with Crippen molar-refractivity contribution in [3.8, 4) is 33.3 Å². The third-order valence-corrected chi connectivity index (χ3v) is 7.25. The highest BCUT2D eigenvalue weighted by Crippen LogP contribution is 2.27. The molecule has 2 aromatic carbocycles. The number of rotatable bonds is 9. The summed E-state index contributed by atoms with van der Waals surface area (Å²) in [6.45, 7) is 5.28. The quantitative estimate of drug-likeness (QED) is 0.134. The largest absolute Gasteiger partial charge is 0.480 e. The Morgan fingerprint density at radius 1 is 1.02 bits per heavy atom. The molecular weight excluding hydrogens is 615 g/mol. The molecule has 1 unspecified atom stereocenters. The normalized spacial score (nSPS) is 11.8. The summed E-state index contributed by atoms with van der Waals surface area (Å²) >= 11 is 1.55. The first-order chi connectivity index (χ1) is 21.9. The van der Waals surface area contributed by atoms with Crippen LogP contribution >= 0.6 is 11.3 Å². The summed E-state index contributed by atoms with van der Waals surface area (Å²) in [5, 5.41) is 23.0. The fraction of sp³-hybridized carbons (Fsp3) is 0.188. The van der Waals surface area contributed by atoms with E-state index in [4.69, 9.17) is 9.26 Å². The average molecular weight is 645 g/mol. The maximum atomic E-state index is 15.1. The van der Waals surface area contributed by atoms with Gasteiger partial charge in [-0.25, -0.2) is 23.8 Å². The van der Waals surface area contributed by atoms with Crippen LogP contribution in [0.4, 0.5) is 25.5 Å². The summed E-state index contributed by atoms with van der Waals surface area (Å²) in [4.78, 5) is 45.9. The highest BCUT2D eigenvalue weighted by Gasteiger charge is 2.23. The number of halogens is 1. The highest BCUT2D eigenvalue weighted by atomic mass is 32.1. The van der Waals surface area contributed by atoms with E-state index in [1.54, 1.807) is 74.7 Å². The zero-order chi connectivity index (χ0) is 32.8. The summed E-state index contributed by atoms with van der Waals surface area (Å²) in [7, 11) is 0. The molecule has 0 saturated carbocycles. The first-order valence-corrected chi connectivity index (χ1v) is 14.8. The molecule has 0 radical (unpaired) electrons. The van der Waals surface area contributed by atoms with Gasteiger partial charge in [0.2, 0.25) is 5.82 Å². The van der Waals surface area contributed by atoms with Gasteiger partial charge in [0.25, 0.3) is 5.89 Å². The molecule has 0 aliphatic heterocycles. The Hall–Kier alpha value is -5.63. The number of aliphatic carboxylic acids is 1. The molecule has 5 rings (SSSR count). The number of hydrogen-bond donors (Lipinski definition) is 4. The predicted molar refractivity (Wildman–Crippen MR) is 170 cm³/mol. The third-order valence-electron chi connectivity index (χ3n) is 6.33. The first kappa shape index (κ1) is 31.8. The monoisotopic (exact) mass is 644 g/mol. The number of carbonyl (C=O) groups excluding carboxylic acids is 2. The number of nitrogens with zero attached hydrogens (tertiary/aromatic N) is 3. The van der Waals surface area contributed by atoms with Gasteiger partial charge >= 0.3 is 18.1 Å². The van der Waals surface area contributed by atoms with Gasteiger partial charge in [0.15, 0.2) is 0 Å². The van der Waals surface area contributed by atoms with E-state index in [0.29, 0.717) is 16.8 Å². The van der Waals surface area contributed by atoms with Crippen LogP contribution in [-0.2, 0) is 16.0 Å². The lowest BCUT2D eigenvalue weighted by Crippen LogP contribution is -2.44. The molecule has 0 fully saturated rings. The van der Waals surface area contributed by atoms with Crippen LogP contribution in [0.2, 0.25) is 0 Å². The molecule has 4 N–H and O–H groups in total. The standard InChI is InChI=1S/C32H29FN6O6S/c1-32(2,3)44-31(43)35-21-10-7-19(8-11-21)28-38-27(39-45-28)22-12-6-18(15-23(22)33)16-24(29(40)41)36-30(42)37-26-13-9-20(17-34-26)25-5-4-14-46-25/h4-15,17,24H,16H2,1-3H3,(H,35,43)(H,40,41)(H2,34,36,37,42). The lowest BCUT2D eigenvalue weighted by Gasteiger charge is -2.19. The Morgan fingerprint density at radius 2 is 1.78 bits per heavy atom. The van der Waals surface area contributed by atoms with Crippen LogP contribution in [0.3, 0.4) is 0 Å². The van der Waals surface area contributed by atoms with Crippen molar-refractivity contribution in [2.24, 2.45) is 0 Å². The summed E-state index contributed by atoms with van der Waals surface area (Å²) in [5.41, 5.74) is 1.63. The maximum absolute atomic E-state index is 15.1. The number of aromatic nitrogens is 3. The van der Waals surface area contributed by atoms with Crippen LogP contribution < -0.4 is 16.0 Å². The van der Waals surface area contributed by atoms with Crippen molar-refractivity contribution in [2.75, 3.05) is 10.6 Å². The smallest absolute Gasteiger partial charge is 0.412 e. The van der Waals surface area contributed by atoms with Crippen molar-refractivity contribution >= 4 is 40.9 Å². The lowest BCUT2D eigenvalue weighted by molar-refractivity contribution is -0.139. The van der Waals surface area contributed by atoms with E-state index in [0.717, 1.165) is 16.5 Å². The number of hydrogen-bond acceptors (Lipinski definition) is 9. The minimum absolute atomic E-state index is 0.0140. The molecule has 0 bridgehead atoms. The molecular formula is C32H29FN6O6S. The van der Waals surface area contributed by atoms with Crippen LogP contribution in [0, 0.1) is 5.82 Å². The van der Waals surface area contributed by atoms with Crippen molar-refractivity contribution in [3.05, 3.63) is 89.7 Å². The molecule has 0 aliphatic rings. The number of carboxylic acid groups (broad SMARTS) is 1. The Labute approximate surface area is 266 Å². The maximum Gasteiger partial charge on any atom is 0.412 e. The topological polar surface area (TPSA) is 169 Å². The van der Waals surface area contributed by atoms with E-state index >= 15 is 4.39 Å². The van der Waals surface area contributed by atoms with Gasteiger partial charge in [0, 0.05) is 34.3 Å². The van der Waals surface area contributed by atoms with Gasteiger partial charge in [0.1, 0.15) is 23.3 Å². The van der Waals surface area contributed by atoms with E-state index in [1.165, 1.54) is 12.1 Å². The van der Waals surface area contributed by atoms with Crippen molar-refractivity contribution in [3.63, 3.8) is 0 Å². The predicted octanol–water partition coefficient (Wildman–Crippen LogP) is 6.83. The minimum atomic E-state index is -1.35. The fourth-order valence-corrected chi connectivity index (χ4v) is 4.96. The number of carbonyl (C=O) groups is 3. The van der Waals surface area contributed by atoms with E-state index < -0.39 is 35.6 Å². The molecule has 0 aliphatic carbocycles. The number of urea groups is 1. The van der Waals surface area contributed by atoms with Crippen LogP contribution in [0.1, 0.15) is 26.3 Å². The Kier molecular flexibility index (Phi) is 9.37. The van der Waals surface area contributed by atoms with E-state index in [9.17, 15) is 19.5 Å². The second-order valence-corrected chi connectivity index (χ2v) is 12.0. The van der Waals surface area contributed by atoms with Gasteiger partial charge in [-0.2, -0.15) is 4.98 Å². The molecule has 1 atom stereocenters. The molecule has 46 heavy (non-hydrogen) atoms. The van der Waals surface area contributed by atoms with Gasteiger partial charge in [-0.15, -0.1) is 11.3 Å². The number of nitrogens with one attached hydrogen (secondary N) is 3. The first-order valence-electron chi connectivity index (χ1n) is 14.0. The van der Waals surface area contributed by atoms with Crippen LogP contribution in [-0.4, -0.2) is 50.0 Å². The second-order valence-electron chi connectivity index (χ2n) is 11.0. The molecule has 5 aromatic rings. The minimum Gasteiger partial charge on any atom is -0.480 e. The number of carboxylic acids is 1. The van der Waals surface area contributed by atoms with E-state index in [1.807, 2.05) is 17.5 Å². The zero-order valence-electron chi connectivity index (χ0n) is 24.9. The summed E-state index contributed by atoms with van der Waals surface area (Å²) in [6.07, 6.45) is 0.822. The van der Waals surface area contributed by atoms with E-state index in [-0.39, 0.29) is 29.5 Å². The highest BCUT2D eigenvalue weighted by molar-refractivity contribution is 7.13. The fourth-order valence-electron chi connectivity index (χ4n) is 4.24. The molecule has 14 heteroatoms. The van der Waals surface area contributed by atoms with Crippen LogP contribution in [0.25, 0.3) is 33.3 Å². The lowest BCUT2D eigenvalue weighted by atomic mass is 10.0. The summed E-state index contributed by atoms with van der Waals surface area (Å²) < 4.78 is 25.7.